The number of carbonyl (C=O) groups is 1. The summed E-state index contributed by atoms with van der Waals surface area (Å²) in [6, 6.07) is 15.2. The summed E-state index contributed by atoms with van der Waals surface area (Å²) in [6.45, 7) is 2.22. The summed E-state index contributed by atoms with van der Waals surface area (Å²) in [6.07, 6.45) is 0. The van der Waals surface area contributed by atoms with Gasteiger partial charge < -0.3 is 15.4 Å². The Morgan fingerprint density at radius 1 is 1.23 bits per heavy atom. The van der Waals surface area contributed by atoms with Crippen molar-refractivity contribution >= 4 is 23.2 Å². The molecule has 0 radical (unpaired) electrons. The Bertz CT molecular complexity index is 632. The van der Waals surface area contributed by atoms with E-state index >= 15 is 0 Å². The lowest BCUT2D eigenvalue weighted by atomic mass is 10.1. The monoisotopic (exact) mass is 318 g/mol. The van der Waals surface area contributed by atoms with E-state index in [1.165, 1.54) is 0 Å². The highest BCUT2D eigenvalue weighted by atomic mass is 35.5. The fourth-order valence-electron chi connectivity index (χ4n) is 2.08. The Kier molecular flexibility index (Phi) is 5.81. The van der Waals surface area contributed by atoms with E-state index in [0.717, 1.165) is 5.56 Å². The first-order valence-electron chi connectivity index (χ1n) is 7.02. The van der Waals surface area contributed by atoms with Crippen molar-refractivity contribution in [1.82, 2.24) is 5.32 Å². The summed E-state index contributed by atoms with van der Waals surface area (Å²) in [7, 11) is 1.55. The topological polar surface area (TPSA) is 50.4 Å². The van der Waals surface area contributed by atoms with Crippen molar-refractivity contribution in [2.24, 2.45) is 0 Å². The van der Waals surface area contributed by atoms with E-state index in [9.17, 15) is 4.79 Å². The quantitative estimate of drug-likeness (QED) is 0.855. The number of rotatable bonds is 6. The minimum absolute atomic E-state index is 0.0909. The second kappa shape index (κ2) is 7.82. The van der Waals surface area contributed by atoms with Gasteiger partial charge in [-0.15, -0.1) is 0 Å². The Hall–Kier alpha value is -2.04. The lowest BCUT2D eigenvalue weighted by Crippen LogP contribution is -2.30. The predicted molar refractivity (Wildman–Crippen MR) is 89.5 cm³/mol. The molecule has 0 aromatic heterocycles. The van der Waals surface area contributed by atoms with Gasteiger partial charge in [0.1, 0.15) is 5.75 Å². The molecular weight excluding hydrogens is 300 g/mol. The molecule has 22 heavy (non-hydrogen) atoms. The SMILES string of the molecule is COc1ccc(Cl)cc1NC(=O)CNC(C)c1ccccc1. The standard InChI is InChI=1S/C17H19ClN2O2/c1-12(13-6-4-3-5-7-13)19-11-17(21)20-15-10-14(18)8-9-16(15)22-2/h3-10,12,19H,11H2,1-2H3,(H,20,21). The fourth-order valence-corrected chi connectivity index (χ4v) is 2.25. The summed E-state index contributed by atoms with van der Waals surface area (Å²) in [5.74, 6) is 0.428. The van der Waals surface area contributed by atoms with Gasteiger partial charge in [-0.05, 0) is 30.7 Å². The van der Waals surface area contributed by atoms with Crippen LogP contribution in [0.3, 0.4) is 0 Å². The zero-order valence-electron chi connectivity index (χ0n) is 12.6. The molecule has 2 aromatic carbocycles. The summed E-state index contributed by atoms with van der Waals surface area (Å²) < 4.78 is 5.20. The molecular formula is C17H19ClN2O2. The molecule has 0 saturated heterocycles. The van der Waals surface area contributed by atoms with Crippen LogP contribution in [0.5, 0.6) is 5.75 Å². The highest BCUT2D eigenvalue weighted by Crippen LogP contribution is 2.27. The van der Waals surface area contributed by atoms with Crippen LogP contribution in [-0.2, 0) is 4.79 Å². The largest absolute Gasteiger partial charge is 0.495 e. The van der Waals surface area contributed by atoms with Gasteiger partial charge in [0.05, 0.1) is 19.3 Å². The van der Waals surface area contributed by atoms with Gasteiger partial charge in [0, 0.05) is 11.1 Å². The molecule has 116 valence electrons. The third-order valence-electron chi connectivity index (χ3n) is 3.30. The first-order chi connectivity index (χ1) is 10.6. The fraction of sp³-hybridized carbons (Fsp3) is 0.235. The van der Waals surface area contributed by atoms with Crippen LogP contribution in [-0.4, -0.2) is 19.6 Å². The average molecular weight is 319 g/mol. The molecule has 0 aliphatic heterocycles. The molecule has 4 nitrogen and oxygen atoms in total. The van der Waals surface area contributed by atoms with E-state index in [0.29, 0.717) is 16.5 Å². The van der Waals surface area contributed by atoms with Crippen molar-refractivity contribution < 1.29 is 9.53 Å². The second-order valence-electron chi connectivity index (χ2n) is 4.91. The zero-order chi connectivity index (χ0) is 15.9. The first-order valence-corrected chi connectivity index (χ1v) is 7.39. The van der Waals surface area contributed by atoms with E-state index in [1.807, 2.05) is 37.3 Å². The summed E-state index contributed by atoms with van der Waals surface area (Å²) in [5.41, 5.74) is 1.70. The molecule has 0 bridgehead atoms. The van der Waals surface area contributed by atoms with Crippen molar-refractivity contribution in [1.29, 1.82) is 0 Å². The molecule has 1 atom stereocenters. The number of ether oxygens (including phenoxy) is 1. The molecule has 0 aliphatic rings. The number of hydrogen-bond acceptors (Lipinski definition) is 3. The summed E-state index contributed by atoms with van der Waals surface area (Å²) in [4.78, 5) is 12.1. The smallest absolute Gasteiger partial charge is 0.238 e. The minimum atomic E-state index is -0.150. The molecule has 0 fully saturated rings. The van der Waals surface area contributed by atoms with Crippen molar-refractivity contribution in [3.8, 4) is 5.75 Å². The van der Waals surface area contributed by atoms with Crippen LogP contribution in [0.1, 0.15) is 18.5 Å². The van der Waals surface area contributed by atoms with E-state index < -0.39 is 0 Å². The van der Waals surface area contributed by atoms with Crippen LogP contribution >= 0.6 is 11.6 Å². The van der Waals surface area contributed by atoms with Gasteiger partial charge in [-0.2, -0.15) is 0 Å². The summed E-state index contributed by atoms with van der Waals surface area (Å²) in [5, 5.41) is 6.53. The second-order valence-corrected chi connectivity index (χ2v) is 5.34. The molecule has 5 heteroatoms. The molecule has 0 saturated carbocycles. The molecule has 2 rings (SSSR count). The van der Waals surface area contributed by atoms with Crippen LogP contribution in [0.25, 0.3) is 0 Å². The number of amides is 1. The predicted octanol–water partition coefficient (Wildman–Crippen LogP) is 3.64. The Labute approximate surface area is 135 Å². The number of methoxy groups -OCH3 is 1. The van der Waals surface area contributed by atoms with Gasteiger partial charge in [0.25, 0.3) is 0 Å². The third-order valence-corrected chi connectivity index (χ3v) is 3.54. The van der Waals surface area contributed by atoms with Crippen molar-refractivity contribution in [3.05, 3.63) is 59.1 Å². The first kappa shape index (κ1) is 16.3. The van der Waals surface area contributed by atoms with E-state index in [1.54, 1.807) is 25.3 Å². The Morgan fingerprint density at radius 2 is 1.95 bits per heavy atom. The molecule has 2 N–H and O–H groups in total. The lowest BCUT2D eigenvalue weighted by Gasteiger charge is -2.15. The number of benzene rings is 2. The van der Waals surface area contributed by atoms with Crippen molar-refractivity contribution in [3.63, 3.8) is 0 Å². The van der Waals surface area contributed by atoms with Crippen LogP contribution in [0, 0.1) is 0 Å². The lowest BCUT2D eigenvalue weighted by molar-refractivity contribution is -0.115. The highest BCUT2D eigenvalue weighted by molar-refractivity contribution is 6.31. The van der Waals surface area contributed by atoms with Crippen molar-refractivity contribution in [2.75, 3.05) is 19.0 Å². The van der Waals surface area contributed by atoms with Gasteiger partial charge in [0.2, 0.25) is 5.91 Å². The number of carbonyl (C=O) groups excluding carboxylic acids is 1. The van der Waals surface area contributed by atoms with Crippen LogP contribution < -0.4 is 15.4 Å². The number of halogens is 1. The number of nitrogens with one attached hydrogen (secondary N) is 2. The molecule has 0 heterocycles. The van der Waals surface area contributed by atoms with Gasteiger partial charge in [-0.1, -0.05) is 41.9 Å². The minimum Gasteiger partial charge on any atom is -0.495 e. The van der Waals surface area contributed by atoms with E-state index in [2.05, 4.69) is 10.6 Å². The van der Waals surface area contributed by atoms with Crippen LogP contribution in [0.15, 0.2) is 48.5 Å². The molecule has 0 spiro atoms. The Morgan fingerprint density at radius 3 is 2.64 bits per heavy atom. The molecule has 1 amide bonds. The van der Waals surface area contributed by atoms with Gasteiger partial charge in [-0.3, -0.25) is 4.79 Å². The molecule has 2 aromatic rings. The average Bonchev–Trinajstić information content (AvgIpc) is 2.53. The third kappa shape index (κ3) is 4.48. The molecule has 0 aliphatic carbocycles. The van der Waals surface area contributed by atoms with Gasteiger partial charge in [0.15, 0.2) is 0 Å². The van der Waals surface area contributed by atoms with E-state index in [-0.39, 0.29) is 18.5 Å². The summed E-state index contributed by atoms with van der Waals surface area (Å²) >= 11 is 5.94. The normalized spacial score (nSPS) is 11.8. The maximum Gasteiger partial charge on any atom is 0.238 e. The van der Waals surface area contributed by atoms with E-state index in [4.69, 9.17) is 16.3 Å². The Balaban J connectivity index is 1.92. The van der Waals surface area contributed by atoms with Crippen LogP contribution in [0.2, 0.25) is 5.02 Å². The van der Waals surface area contributed by atoms with Crippen LogP contribution in [0.4, 0.5) is 5.69 Å². The number of anilines is 1. The molecule has 1 unspecified atom stereocenters. The van der Waals surface area contributed by atoms with Crippen molar-refractivity contribution in [2.45, 2.75) is 13.0 Å². The highest BCUT2D eigenvalue weighted by Gasteiger charge is 2.10. The van der Waals surface area contributed by atoms with Gasteiger partial charge in [-0.25, -0.2) is 0 Å². The number of hydrogen-bond donors (Lipinski definition) is 2. The van der Waals surface area contributed by atoms with Gasteiger partial charge >= 0.3 is 0 Å². The maximum atomic E-state index is 12.1. The maximum absolute atomic E-state index is 12.1. The zero-order valence-corrected chi connectivity index (χ0v) is 13.4.